The molecule has 0 radical (unpaired) electrons. The largest absolute Gasteiger partial charge is 0.298 e. The molecule has 0 amide bonds. The molecule has 0 N–H and O–H groups in total. The highest BCUT2D eigenvalue weighted by molar-refractivity contribution is 4.96. The van der Waals surface area contributed by atoms with Crippen LogP contribution in [0.25, 0.3) is 0 Å². The third-order valence-electron chi connectivity index (χ3n) is 4.65. The number of nitriles is 1. The Labute approximate surface area is 118 Å². The predicted octanol–water partition coefficient (Wildman–Crippen LogP) is 4.15. The van der Waals surface area contributed by atoms with E-state index in [9.17, 15) is 5.26 Å². The molecule has 1 aliphatic heterocycles. The van der Waals surface area contributed by atoms with Crippen LogP contribution in [0.3, 0.4) is 0 Å². The average molecular weight is 266 g/mol. The molecule has 1 fully saturated rings. The summed E-state index contributed by atoms with van der Waals surface area (Å²) in [6.45, 7) is 15.6. The predicted molar refractivity (Wildman–Crippen MR) is 78.4 cm³/mol. The molecule has 0 saturated carbocycles. The lowest BCUT2D eigenvalue weighted by Gasteiger charge is -2.51. The van der Waals surface area contributed by atoms with E-state index in [0.717, 1.165) is 12.8 Å². The van der Waals surface area contributed by atoms with E-state index in [-0.39, 0.29) is 22.4 Å². The molecule has 0 aromatic heterocycles. The number of nitrogens with zero attached hydrogens (tertiary/aromatic N) is 2. The second-order valence-electron chi connectivity index (χ2n) is 7.80. The topological polar surface area (TPSA) is 36.3 Å². The molecule has 1 atom stereocenters. The van der Waals surface area contributed by atoms with Crippen LogP contribution in [0.2, 0.25) is 0 Å². The maximum absolute atomic E-state index is 9.19. The Kier molecular flexibility index (Phi) is 4.70. The minimum Gasteiger partial charge on any atom is -0.298 e. The zero-order chi connectivity index (χ0) is 14.9. The molecule has 0 aliphatic carbocycles. The van der Waals surface area contributed by atoms with Crippen molar-refractivity contribution in [3.8, 4) is 6.07 Å². The molecular formula is C16H30N2O. The molecule has 1 unspecified atom stereocenters. The maximum atomic E-state index is 9.19. The van der Waals surface area contributed by atoms with Crippen molar-refractivity contribution in [2.45, 2.75) is 78.8 Å². The molecule has 1 rings (SSSR count). The lowest BCUT2D eigenvalue weighted by atomic mass is 9.81. The monoisotopic (exact) mass is 266 g/mol. The summed E-state index contributed by atoms with van der Waals surface area (Å²) >= 11 is 0. The van der Waals surface area contributed by atoms with E-state index >= 15 is 0 Å². The average Bonchev–Trinajstić information content (AvgIpc) is 2.26. The second-order valence-corrected chi connectivity index (χ2v) is 7.80. The highest BCUT2D eigenvalue weighted by Crippen LogP contribution is 2.39. The first kappa shape index (κ1) is 16.5. The normalized spacial score (nSPS) is 24.7. The molecule has 0 aromatic rings. The lowest BCUT2D eigenvalue weighted by molar-refractivity contribution is -0.288. The Balaban J connectivity index is 2.72. The summed E-state index contributed by atoms with van der Waals surface area (Å²) in [4.78, 5) is 6.15. The fourth-order valence-electron chi connectivity index (χ4n) is 2.83. The smallest absolute Gasteiger partial charge is 0.0726 e. The standard InChI is InChI=1S/C16H30N2O/c1-13(14(2,3)12-17)11-19-18-15(4,5)9-8-10-16(18,6)7/h13H,8-11H2,1-7H3. The highest BCUT2D eigenvalue weighted by atomic mass is 16.7. The van der Waals surface area contributed by atoms with Gasteiger partial charge in [0.25, 0.3) is 0 Å². The van der Waals surface area contributed by atoms with Gasteiger partial charge in [-0.15, -0.1) is 0 Å². The summed E-state index contributed by atoms with van der Waals surface area (Å²) in [5.74, 6) is 0.214. The van der Waals surface area contributed by atoms with E-state index in [1.165, 1.54) is 6.42 Å². The fraction of sp³-hybridized carbons (Fsp3) is 0.938. The number of rotatable bonds is 4. The van der Waals surface area contributed by atoms with Gasteiger partial charge in [0.1, 0.15) is 0 Å². The Morgan fingerprint density at radius 1 is 1.21 bits per heavy atom. The molecule has 1 aliphatic rings. The van der Waals surface area contributed by atoms with Crippen LogP contribution in [0, 0.1) is 22.7 Å². The first-order valence-electron chi connectivity index (χ1n) is 7.37. The van der Waals surface area contributed by atoms with Crippen LogP contribution in [-0.2, 0) is 4.84 Å². The first-order valence-corrected chi connectivity index (χ1v) is 7.37. The molecule has 110 valence electrons. The third-order valence-corrected chi connectivity index (χ3v) is 4.65. The van der Waals surface area contributed by atoms with Crippen molar-refractivity contribution in [3.05, 3.63) is 0 Å². The summed E-state index contributed by atoms with van der Waals surface area (Å²) in [6.07, 6.45) is 3.57. The fourth-order valence-corrected chi connectivity index (χ4v) is 2.83. The number of hydrogen-bond acceptors (Lipinski definition) is 3. The van der Waals surface area contributed by atoms with Crippen LogP contribution < -0.4 is 0 Å². The molecule has 3 nitrogen and oxygen atoms in total. The van der Waals surface area contributed by atoms with Gasteiger partial charge in [0.15, 0.2) is 0 Å². The van der Waals surface area contributed by atoms with E-state index in [2.05, 4.69) is 45.8 Å². The first-order chi connectivity index (χ1) is 8.53. The van der Waals surface area contributed by atoms with E-state index in [1.54, 1.807) is 0 Å². The van der Waals surface area contributed by atoms with E-state index < -0.39 is 0 Å². The van der Waals surface area contributed by atoms with Gasteiger partial charge in [-0.3, -0.25) is 4.84 Å². The van der Waals surface area contributed by atoms with Crippen molar-refractivity contribution in [1.29, 1.82) is 5.26 Å². The lowest BCUT2D eigenvalue weighted by Crippen LogP contribution is -2.58. The van der Waals surface area contributed by atoms with Gasteiger partial charge in [-0.05, 0) is 66.7 Å². The van der Waals surface area contributed by atoms with Crippen LogP contribution in [0.1, 0.15) is 67.7 Å². The van der Waals surface area contributed by atoms with E-state index in [0.29, 0.717) is 6.61 Å². The number of hydrogen-bond donors (Lipinski definition) is 0. The number of piperidine rings is 1. The SMILES string of the molecule is CC(CON1C(C)(C)CCCC1(C)C)C(C)(C)C#N. The Hall–Kier alpha value is -0.590. The van der Waals surface area contributed by atoms with Crippen LogP contribution in [0.15, 0.2) is 0 Å². The van der Waals surface area contributed by atoms with Gasteiger partial charge in [0.05, 0.1) is 18.1 Å². The zero-order valence-electron chi connectivity index (χ0n) is 13.7. The Morgan fingerprint density at radius 3 is 2.11 bits per heavy atom. The van der Waals surface area contributed by atoms with Crippen LogP contribution in [-0.4, -0.2) is 22.7 Å². The maximum Gasteiger partial charge on any atom is 0.0726 e. The van der Waals surface area contributed by atoms with E-state index in [1.807, 2.05) is 13.8 Å². The van der Waals surface area contributed by atoms with Gasteiger partial charge >= 0.3 is 0 Å². The van der Waals surface area contributed by atoms with Gasteiger partial charge < -0.3 is 0 Å². The molecular weight excluding hydrogens is 236 g/mol. The van der Waals surface area contributed by atoms with Crippen molar-refractivity contribution in [2.24, 2.45) is 11.3 Å². The molecule has 3 heteroatoms. The minimum atomic E-state index is -0.343. The highest BCUT2D eigenvalue weighted by Gasteiger charge is 2.43. The number of hydroxylamine groups is 2. The quantitative estimate of drug-likeness (QED) is 0.767. The Morgan fingerprint density at radius 2 is 1.68 bits per heavy atom. The van der Waals surface area contributed by atoms with Crippen LogP contribution in [0.4, 0.5) is 0 Å². The van der Waals surface area contributed by atoms with Gasteiger partial charge in [-0.2, -0.15) is 10.3 Å². The zero-order valence-corrected chi connectivity index (χ0v) is 13.7. The van der Waals surface area contributed by atoms with Gasteiger partial charge in [0.2, 0.25) is 0 Å². The molecule has 0 bridgehead atoms. The van der Waals surface area contributed by atoms with Crippen molar-refractivity contribution in [3.63, 3.8) is 0 Å². The summed E-state index contributed by atoms with van der Waals surface area (Å²) in [5, 5.41) is 11.4. The summed E-state index contributed by atoms with van der Waals surface area (Å²) < 4.78 is 0. The minimum absolute atomic E-state index is 0.0677. The molecule has 1 saturated heterocycles. The van der Waals surface area contributed by atoms with Crippen molar-refractivity contribution >= 4 is 0 Å². The van der Waals surface area contributed by atoms with Crippen LogP contribution in [0.5, 0.6) is 0 Å². The second kappa shape index (κ2) is 5.42. The summed E-state index contributed by atoms with van der Waals surface area (Å²) in [5.41, 5.74) is -0.208. The van der Waals surface area contributed by atoms with E-state index in [4.69, 9.17) is 4.84 Å². The molecule has 0 spiro atoms. The molecule has 19 heavy (non-hydrogen) atoms. The van der Waals surface area contributed by atoms with Gasteiger partial charge in [-0.1, -0.05) is 6.92 Å². The van der Waals surface area contributed by atoms with Crippen molar-refractivity contribution in [2.75, 3.05) is 6.61 Å². The molecule has 1 heterocycles. The third kappa shape index (κ3) is 3.70. The summed E-state index contributed by atoms with van der Waals surface area (Å²) in [6, 6.07) is 2.37. The van der Waals surface area contributed by atoms with Crippen molar-refractivity contribution in [1.82, 2.24) is 5.06 Å². The summed E-state index contributed by atoms with van der Waals surface area (Å²) in [7, 11) is 0. The molecule has 0 aromatic carbocycles. The van der Waals surface area contributed by atoms with Crippen molar-refractivity contribution < 1.29 is 4.84 Å². The van der Waals surface area contributed by atoms with Gasteiger partial charge in [-0.25, -0.2) is 0 Å². The van der Waals surface area contributed by atoms with Crippen LogP contribution >= 0.6 is 0 Å². The van der Waals surface area contributed by atoms with Gasteiger partial charge in [0, 0.05) is 11.1 Å². The Bertz CT molecular complexity index is 336.